The van der Waals surface area contributed by atoms with E-state index in [1.807, 2.05) is 0 Å². The first-order valence-corrected chi connectivity index (χ1v) is 13.8. The van der Waals surface area contributed by atoms with Gasteiger partial charge in [0.2, 0.25) is 5.91 Å². The minimum atomic E-state index is -0.637. The topological polar surface area (TPSA) is 140 Å². The first-order chi connectivity index (χ1) is 20.3. The van der Waals surface area contributed by atoms with Crippen molar-refractivity contribution in [2.24, 2.45) is 5.73 Å². The maximum atomic E-state index is 13.3. The fourth-order valence-corrected chi connectivity index (χ4v) is 4.57. The Morgan fingerprint density at radius 2 is 1.55 bits per heavy atom. The van der Waals surface area contributed by atoms with Gasteiger partial charge in [0, 0.05) is 16.1 Å². The normalized spacial score (nSPS) is 10.8. The maximum Gasteiger partial charge on any atom is 0.272 e. The molecule has 4 aromatic rings. The zero-order valence-electron chi connectivity index (χ0n) is 22.6. The highest BCUT2D eigenvalue weighted by Crippen LogP contribution is 2.23. The van der Waals surface area contributed by atoms with Crippen LogP contribution in [0.2, 0.25) is 0 Å². The molecule has 0 aliphatic heterocycles. The van der Waals surface area contributed by atoms with E-state index in [0.717, 1.165) is 4.90 Å². The highest BCUT2D eigenvalue weighted by molar-refractivity contribution is 8.00. The van der Waals surface area contributed by atoms with Crippen LogP contribution in [0.15, 0.2) is 114 Å². The van der Waals surface area contributed by atoms with E-state index in [4.69, 9.17) is 10.5 Å². The fraction of sp³-hybridized carbons (Fsp3) is 0.0625. The van der Waals surface area contributed by atoms with Gasteiger partial charge < -0.3 is 26.4 Å². The number of amides is 4. The molecule has 0 radical (unpaired) electrons. The number of carbonyl (C=O) groups is 4. The highest BCUT2D eigenvalue weighted by atomic mass is 32.2. The molecule has 0 saturated heterocycles. The zero-order valence-corrected chi connectivity index (χ0v) is 23.4. The predicted molar refractivity (Wildman–Crippen MR) is 164 cm³/mol. The summed E-state index contributed by atoms with van der Waals surface area (Å²) < 4.78 is 5.20. The van der Waals surface area contributed by atoms with Crippen molar-refractivity contribution in [1.82, 2.24) is 5.32 Å². The molecule has 5 N–H and O–H groups in total. The fourth-order valence-electron chi connectivity index (χ4n) is 3.81. The molecule has 0 bridgehead atoms. The van der Waals surface area contributed by atoms with Crippen LogP contribution in [0.25, 0.3) is 6.08 Å². The third-order valence-electron chi connectivity index (χ3n) is 5.88. The molecule has 42 heavy (non-hydrogen) atoms. The number of nitrogens with two attached hydrogens (primary N) is 1. The van der Waals surface area contributed by atoms with Crippen LogP contribution in [0, 0.1) is 0 Å². The number of benzene rings is 4. The Kier molecular flexibility index (Phi) is 10.1. The Hall–Kier alpha value is -5.35. The number of primary amides is 1. The number of hydrogen-bond acceptors (Lipinski definition) is 6. The molecular formula is C32H28N4O5S. The van der Waals surface area contributed by atoms with Crippen molar-refractivity contribution >= 4 is 52.8 Å². The second kappa shape index (κ2) is 14.3. The lowest BCUT2D eigenvalue weighted by Crippen LogP contribution is -2.30. The lowest BCUT2D eigenvalue weighted by atomic mass is 10.1. The average molecular weight is 581 g/mol. The zero-order chi connectivity index (χ0) is 29.9. The smallest absolute Gasteiger partial charge is 0.272 e. The minimum absolute atomic E-state index is 0.0413. The van der Waals surface area contributed by atoms with E-state index in [1.165, 1.54) is 17.8 Å². The van der Waals surface area contributed by atoms with Crippen molar-refractivity contribution in [1.29, 1.82) is 0 Å². The molecule has 0 saturated carbocycles. The van der Waals surface area contributed by atoms with Gasteiger partial charge in [-0.3, -0.25) is 19.2 Å². The molecule has 0 aliphatic rings. The molecule has 4 aromatic carbocycles. The monoisotopic (exact) mass is 580 g/mol. The molecule has 0 heterocycles. The van der Waals surface area contributed by atoms with Gasteiger partial charge in [-0.05, 0) is 66.2 Å². The Morgan fingerprint density at radius 3 is 2.26 bits per heavy atom. The molecule has 4 rings (SSSR count). The van der Waals surface area contributed by atoms with E-state index < -0.39 is 17.7 Å². The molecule has 0 spiro atoms. The van der Waals surface area contributed by atoms with Crippen LogP contribution < -0.4 is 26.4 Å². The highest BCUT2D eigenvalue weighted by Gasteiger charge is 2.16. The lowest BCUT2D eigenvalue weighted by Gasteiger charge is -2.12. The first-order valence-electron chi connectivity index (χ1n) is 12.8. The number of ether oxygens (including phenoxy) is 1. The lowest BCUT2D eigenvalue weighted by molar-refractivity contribution is -0.114. The van der Waals surface area contributed by atoms with Crippen LogP contribution in [0.1, 0.15) is 26.3 Å². The molecule has 10 heteroatoms. The van der Waals surface area contributed by atoms with Crippen molar-refractivity contribution in [2.45, 2.75) is 4.90 Å². The van der Waals surface area contributed by atoms with E-state index >= 15 is 0 Å². The number of nitrogens with one attached hydrogen (secondary N) is 3. The third-order valence-corrected chi connectivity index (χ3v) is 6.88. The Labute approximate surface area is 247 Å². The van der Waals surface area contributed by atoms with Crippen molar-refractivity contribution in [3.8, 4) is 5.75 Å². The number of carbonyl (C=O) groups excluding carboxylic acids is 4. The molecule has 0 aromatic heterocycles. The van der Waals surface area contributed by atoms with Gasteiger partial charge in [-0.2, -0.15) is 0 Å². The average Bonchev–Trinajstić information content (AvgIpc) is 3.01. The van der Waals surface area contributed by atoms with Crippen LogP contribution in [-0.2, 0) is 9.59 Å². The summed E-state index contributed by atoms with van der Waals surface area (Å²) in [6.45, 7) is 0. The summed E-state index contributed by atoms with van der Waals surface area (Å²) in [5, 5.41) is 8.23. The van der Waals surface area contributed by atoms with E-state index in [-0.39, 0.29) is 22.9 Å². The van der Waals surface area contributed by atoms with Gasteiger partial charge in [-0.25, -0.2) is 0 Å². The SMILES string of the molecule is COc1ccc(/C=C(/NC(=O)c2ccccc2)C(=O)Nc2cccc(SCC(=O)Nc3ccccc3C(N)=O)c2)cc1. The van der Waals surface area contributed by atoms with Gasteiger partial charge in [0.25, 0.3) is 17.7 Å². The van der Waals surface area contributed by atoms with Gasteiger partial charge in [0.1, 0.15) is 11.4 Å². The summed E-state index contributed by atoms with van der Waals surface area (Å²) in [5.41, 5.74) is 7.54. The van der Waals surface area contributed by atoms with Crippen LogP contribution >= 0.6 is 11.8 Å². The van der Waals surface area contributed by atoms with Crippen LogP contribution in [-0.4, -0.2) is 36.5 Å². The van der Waals surface area contributed by atoms with Gasteiger partial charge in [0.05, 0.1) is 24.1 Å². The van der Waals surface area contributed by atoms with Gasteiger partial charge in [0.15, 0.2) is 0 Å². The summed E-state index contributed by atoms with van der Waals surface area (Å²) in [6.07, 6.45) is 1.57. The van der Waals surface area contributed by atoms with E-state index in [2.05, 4.69) is 16.0 Å². The largest absolute Gasteiger partial charge is 0.497 e. The summed E-state index contributed by atoms with van der Waals surface area (Å²) in [4.78, 5) is 51.1. The van der Waals surface area contributed by atoms with Crippen LogP contribution in [0.3, 0.4) is 0 Å². The van der Waals surface area contributed by atoms with Crippen molar-refractivity contribution in [3.63, 3.8) is 0 Å². The second-order valence-corrected chi connectivity index (χ2v) is 9.93. The number of thioether (sulfide) groups is 1. The number of para-hydroxylation sites is 1. The van der Waals surface area contributed by atoms with Crippen LogP contribution in [0.4, 0.5) is 11.4 Å². The van der Waals surface area contributed by atoms with E-state index in [9.17, 15) is 19.2 Å². The Bertz CT molecular complexity index is 1620. The van der Waals surface area contributed by atoms with Gasteiger partial charge in [-0.1, -0.05) is 48.5 Å². The number of rotatable bonds is 11. The van der Waals surface area contributed by atoms with E-state index in [0.29, 0.717) is 28.3 Å². The van der Waals surface area contributed by atoms with Gasteiger partial charge in [-0.15, -0.1) is 11.8 Å². The molecule has 212 valence electrons. The molecule has 0 fully saturated rings. The predicted octanol–water partition coefficient (Wildman–Crippen LogP) is 4.93. The third kappa shape index (κ3) is 8.33. The minimum Gasteiger partial charge on any atom is -0.497 e. The van der Waals surface area contributed by atoms with Crippen molar-refractivity contribution in [3.05, 3.63) is 126 Å². The molecule has 4 amide bonds. The van der Waals surface area contributed by atoms with E-state index in [1.54, 1.807) is 110 Å². The molecular weight excluding hydrogens is 552 g/mol. The first kappa shape index (κ1) is 29.6. The second-order valence-electron chi connectivity index (χ2n) is 8.88. The summed E-state index contributed by atoms with van der Waals surface area (Å²) in [5.74, 6) is -1.21. The maximum absolute atomic E-state index is 13.3. The Morgan fingerprint density at radius 1 is 0.833 bits per heavy atom. The molecule has 9 nitrogen and oxygen atoms in total. The summed E-state index contributed by atoms with van der Waals surface area (Å²) in [7, 11) is 1.56. The standard InChI is InChI=1S/C32H28N4O5S/c1-41-24-16-14-21(15-17-24)18-28(36-31(39)22-8-3-2-4-9-22)32(40)34-23-10-7-11-25(19-23)42-20-29(37)35-27-13-6-5-12-26(27)30(33)38/h2-19H,20H2,1H3,(H2,33,38)(H,34,40)(H,35,37)(H,36,39)/b28-18+. The molecule has 0 unspecified atom stereocenters. The Balaban J connectivity index is 1.46. The van der Waals surface area contributed by atoms with Crippen molar-refractivity contribution in [2.75, 3.05) is 23.5 Å². The summed E-state index contributed by atoms with van der Waals surface area (Å²) in [6, 6.07) is 29.1. The number of hydrogen-bond donors (Lipinski definition) is 4. The number of anilines is 2. The van der Waals surface area contributed by atoms with Gasteiger partial charge >= 0.3 is 0 Å². The molecule has 0 atom stereocenters. The summed E-state index contributed by atoms with van der Waals surface area (Å²) >= 11 is 1.25. The van der Waals surface area contributed by atoms with Crippen LogP contribution in [0.5, 0.6) is 5.75 Å². The van der Waals surface area contributed by atoms with Crippen molar-refractivity contribution < 1.29 is 23.9 Å². The number of methoxy groups -OCH3 is 1. The molecule has 0 aliphatic carbocycles. The quantitative estimate of drug-likeness (QED) is 0.146.